The molecular formula is C22H33N3O4. The highest BCUT2D eigenvalue weighted by Gasteiger charge is 2.39. The molecule has 1 N–H and O–H groups in total. The zero-order valence-electron chi connectivity index (χ0n) is 18.1. The van der Waals surface area contributed by atoms with Crippen molar-refractivity contribution in [3.63, 3.8) is 0 Å². The Morgan fingerprint density at radius 3 is 2.62 bits per heavy atom. The number of likely N-dealkylation sites (tertiary alicyclic amines) is 1. The maximum Gasteiger partial charge on any atom is 0.408 e. The fourth-order valence-corrected chi connectivity index (χ4v) is 4.39. The molecule has 4 atom stereocenters. The van der Waals surface area contributed by atoms with Gasteiger partial charge < -0.3 is 19.5 Å². The summed E-state index contributed by atoms with van der Waals surface area (Å²) in [4.78, 5) is 39.8. The number of carbonyl (C=O) groups is 2. The third-order valence-corrected chi connectivity index (χ3v) is 5.94. The van der Waals surface area contributed by atoms with Gasteiger partial charge >= 0.3 is 6.09 Å². The maximum absolute atomic E-state index is 13.4. The number of hydrogen-bond acceptors (Lipinski definition) is 4. The smallest absolute Gasteiger partial charge is 0.408 e. The lowest BCUT2D eigenvalue weighted by atomic mass is 9.82. The molecule has 0 unspecified atom stereocenters. The van der Waals surface area contributed by atoms with Crippen LogP contribution >= 0.6 is 0 Å². The van der Waals surface area contributed by atoms with Gasteiger partial charge in [-0.15, -0.1) is 0 Å². The first-order valence-corrected chi connectivity index (χ1v) is 10.6. The molecule has 7 nitrogen and oxygen atoms in total. The molecule has 2 aliphatic heterocycles. The molecule has 3 heterocycles. The quantitative estimate of drug-likeness (QED) is 0.838. The number of ether oxygens (including phenoxy) is 1. The lowest BCUT2D eigenvalue weighted by Crippen LogP contribution is -2.57. The summed E-state index contributed by atoms with van der Waals surface area (Å²) in [5.41, 5.74) is 0.416. The normalized spacial score (nSPS) is 23.0. The highest BCUT2D eigenvalue weighted by molar-refractivity contribution is 5.86. The fraction of sp³-hybridized carbons (Fsp3) is 0.682. The van der Waals surface area contributed by atoms with Gasteiger partial charge in [-0.25, -0.2) is 4.79 Å². The Kier molecular flexibility index (Phi) is 6.05. The van der Waals surface area contributed by atoms with Crippen molar-refractivity contribution in [1.29, 1.82) is 0 Å². The van der Waals surface area contributed by atoms with Crippen LogP contribution in [0.15, 0.2) is 23.0 Å². The van der Waals surface area contributed by atoms with Gasteiger partial charge in [0.15, 0.2) is 0 Å². The number of fused-ring (bicyclic) bond motifs is 4. The van der Waals surface area contributed by atoms with E-state index in [4.69, 9.17) is 4.74 Å². The Morgan fingerprint density at radius 2 is 1.97 bits per heavy atom. The minimum atomic E-state index is -0.619. The summed E-state index contributed by atoms with van der Waals surface area (Å²) in [5, 5.41) is 2.81. The van der Waals surface area contributed by atoms with Crippen LogP contribution in [0.1, 0.15) is 59.1 Å². The second-order valence-corrected chi connectivity index (χ2v) is 9.45. The van der Waals surface area contributed by atoms with Crippen molar-refractivity contribution in [2.75, 3.05) is 13.1 Å². The molecule has 1 aromatic rings. The van der Waals surface area contributed by atoms with Crippen molar-refractivity contribution < 1.29 is 14.3 Å². The van der Waals surface area contributed by atoms with Crippen molar-refractivity contribution in [2.24, 2.45) is 11.8 Å². The molecule has 2 aliphatic rings. The summed E-state index contributed by atoms with van der Waals surface area (Å²) in [5.74, 6) is 0.335. The van der Waals surface area contributed by atoms with Crippen LogP contribution in [-0.2, 0) is 16.1 Å². The second kappa shape index (κ2) is 8.20. The van der Waals surface area contributed by atoms with Crippen molar-refractivity contribution in [3.05, 3.63) is 34.2 Å². The fourth-order valence-electron chi connectivity index (χ4n) is 4.39. The van der Waals surface area contributed by atoms with E-state index in [0.717, 1.165) is 18.5 Å². The largest absolute Gasteiger partial charge is 0.444 e. The highest BCUT2D eigenvalue weighted by Crippen LogP contribution is 2.35. The van der Waals surface area contributed by atoms with Gasteiger partial charge in [-0.2, -0.15) is 0 Å². The van der Waals surface area contributed by atoms with Gasteiger partial charge in [-0.3, -0.25) is 9.59 Å². The number of amides is 2. The molecule has 1 saturated heterocycles. The molecule has 1 aromatic heterocycles. The first-order chi connectivity index (χ1) is 13.6. The van der Waals surface area contributed by atoms with E-state index in [-0.39, 0.29) is 29.2 Å². The standard InChI is InChI=1S/C22H33N3O4/c1-6-14(2)19(23-21(28)29-22(3,4)5)20(27)24-11-15-10-16(13-24)17-8-7-9-18(26)25(17)12-15/h7-9,14-16,19H,6,10-13H2,1-5H3,(H,23,28)/t14-,15+,16+,19+/m1/s1. The van der Waals surface area contributed by atoms with Crippen LogP contribution in [-0.4, -0.2) is 46.2 Å². The van der Waals surface area contributed by atoms with Gasteiger partial charge in [0.1, 0.15) is 11.6 Å². The molecule has 0 radical (unpaired) electrons. The first kappa shape index (κ1) is 21.4. The Balaban J connectivity index is 1.77. The number of piperidine rings is 1. The molecule has 3 rings (SSSR count). The van der Waals surface area contributed by atoms with Gasteiger partial charge in [0.05, 0.1) is 0 Å². The van der Waals surface area contributed by atoms with Gasteiger partial charge in [0.2, 0.25) is 5.91 Å². The summed E-state index contributed by atoms with van der Waals surface area (Å²) >= 11 is 0. The molecule has 0 aromatic carbocycles. The summed E-state index contributed by atoms with van der Waals surface area (Å²) < 4.78 is 7.23. The molecule has 7 heteroatoms. The van der Waals surface area contributed by atoms with E-state index >= 15 is 0 Å². The number of alkyl carbamates (subject to hydrolysis) is 1. The van der Waals surface area contributed by atoms with Crippen LogP contribution in [0.25, 0.3) is 0 Å². The van der Waals surface area contributed by atoms with Crippen molar-refractivity contribution in [2.45, 2.75) is 71.6 Å². The van der Waals surface area contributed by atoms with Crippen LogP contribution in [0, 0.1) is 11.8 Å². The summed E-state index contributed by atoms with van der Waals surface area (Å²) in [6.45, 7) is 11.2. The summed E-state index contributed by atoms with van der Waals surface area (Å²) in [6.07, 6.45) is 1.19. The van der Waals surface area contributed by atoms with Gasteiger partial charge in [-0.1, -0.05) is 26.3 Å². The third-order valence-electron chi connectivity index (χ3n) is 5.94. The number of hydrogen-bond donors (Lipinski definition) is 1. The van der Waals surface area contributed by atoms with E-state index in [1.54, 1.807) is 32.9 Å². The predicted octanol–water partition coefficient (Wildman–Crippen LogP) is 2.73. The van der Waals surface area contributed by atoms with E-state index in [2.05, 4.69) is 5.32 Å². The van der Waals surface area contributed by atoms with Crippen LogP contribution in [0.4, 0.5) is 4.79 Å². The average molecular weight is 404 g/mol. The molecule has 1 fully saturated rings. The number of carbonyl (C=O) groups excluding carboxylic acids is 2. The lowest BCUT2D eigenvalue weighted by molar-refractivity contribution is -0.137. The Morgan fingerprint density at radius 1 is 1.24 bits per heavy atom. The van der Waals surface area contributed by atoms with E-state index in [0.29, 0.717) is 19.6 Å². The monoisotopic (exact) mass is 403 g/mol. The van der Waals surface area contributed by atoms with E-state index in [9.17, 15) is 14.4 Å². The Bertz CT molecular complexity index is 826. The topological polar surface area (TPSA) is 80.6 Å². The van der Waals surface area contributed by atoms with Crippen molar-refractivity contribution >= 4 is 12.0 Å². The van der Waals surface area contributed by atoms with Crippen LogP contribution < -0.4 is 10.9 Å². The molecule has 2 amide bonds. The Labute approximate surface area is 172 Å². The minimum absolute atomic E-state index is 0.00769. The maximum atomic E-state index is 13.4. The summed E-state index contributed by atoms with van der Waals surface area (Å²) in [6, 6.07) is 4.76. The van der Waals surface area contributed by atoms with Crippen molar-refractivity contribution in [3.8, 4) is 0 Å². The van der Waals surface area contributed by atoms with E-state index in [1.807, 2.05) is 29.4 Å². The first-order valence-electron chi connectivity index (χ1n) is 10.6. The van der Waals surface area contributed by atoms with Gasteiger partial charge in [0, 0.05) is 37.3 Å². The van der Waals surface area contributed by atoms with Gasteiger partial charge in [-0.05, 0) is 45.1 Å². The van der Waals surface area contributed by atoms with Crippen LogP contribution in [0.5, 0.6) is 0 Å². The number of nitrogens with zero attached hydrogens (tertiary/aromatic N) is 2. The molecule has 2 bridgehead atoms. The molecule has 0 saturated carbocycles. The Hall–Kier alpha value is -2.31. The summed E-state index contributed by atoms with van der Waals surface area (Å²) in [7, 11) is 0. The minimum Gasteiger partial charge on any atom is -0.444 e. The molecule has 0 spiro atoms. The number of nitrogens with one attached hydrogen (secondary N) is 1. The number of pyridine rings is 1. The number of aromatic nitrogens is 1. The SMILES string of the molecule is CC[C@@H](C)[C@H](NC(=O)OC(C)(C)C)C(=O)N1C[C@@H]2C[C@@H](C1)c1cccc(=O)n1C2. The van der Waals surface area contributed by atoms with Crippen LogP contribution in [0.2, 0.25) is 0 Å². The predicted molar refractivity (Wildman–Crippen MR) is 111 cm³/mol. The lowest BCUT2D eigenvalue weighted by Gasteiger charge is -2.44. The average Bonchev–Trinajstić information content (AvgIpc) is 2.64. The van der Waals surface area contributed by atoms with E-state index < -0.39 is 17.7 Å². The van der Waals surface area contributed by atoms with Crippen molar-refractivity contribution in [1.82, 2.24) is 14.8 Å². The van der Waals surface area contributed by atoms with Gasteiger partial charge in [0.25, 0.3) is 5.56 Å². The van der Waals surface area contributed by atoms with Crippen LogP contribution in [0.3, 0.4) is 0 Å². The molecule has 160 valence electrons. The molecule has 0 aliphatic carbocycles. The molecule has 29 heavy (non-hydrogen) atoms. The zero-order valence-corrected chi connectivity index (χ0v) is 18.1. The third kappa shape index (κ3) is 4.82. The highest BCUT2D eigenvalue weighted by atomic mass is 16.6. The van der Waals surface area contributed by atoms with E-state index in [1.165, 1.54) is 0 Å². The second-order valence-electron chi connectivity index (χ2n) is 9.45. The molecular weight excluding hydrogens is 370 g/mol. The number of rotatable bonds is 4. The zero-order chi connectivity index (χ0) is 21.3.